The summed E-state index contributed by atoms with van der Waals surface area (Å²) in [6.07, 6.45) is 0. The zero-order valence-electron chi connectivity index (χ0n) is 18.1. The zero-order valence-corrected chi connectivity index (χ0v) is 18.1. The summed E-state index contributed by atoms with van der Waals surface area (Å²) in [6.45, 7) is -0.534. The molecule has 0 aromatic heterocycles. The fraction of sp³-hybridized carbons (Fsp3) is 0.0870. The van der Waals surface area contributed by atoms with E-state index in [9.17, 15) is 34.6 Å². The van der Waals surface area contributed by atoms with Gasteiger partial charge in [0.25, 0.3) is 29.1 Å². The quantitative estimate of drug-likeness (QED) is 0.286. The van der Waals surface area contributed by atoms with Crippen LogP contribution in [0.1, 0.15) is 31.1 Å². The minimum absolute atomic E-state index is 0.172. The molecular formula is C23H16N4O8. The molecule has 12 nitrogen and oxygen atoms in total. The summed E-state index contributed by atoms with van der Waals surface area (Å²) in [5.74, 6) is -1.67. The largest absolute Gasteiger partial charge is 0.497 e. The van der Waals surface area contributed by atoms with Gasteiger partial charge in [0.1, 0.15) is 12.4 Å². The molecule has 1 aliphatic rings. The van der Waals surface area contributed by atoms with Crippen LogP contribution in [-0.4, -0.2) is 46.2 Å². The Hall–Kier alpha value is -5.13. The van der Waals surface area contributed by atoms with Crippen LogP contribution < -0.4 is 9.64 Å². The number of non-ortho nitro benzene ring substituents is 2. The summed E-state index contributed by atoms with van der Waals surface area (Å²) >= 11 is 0. The molecule has 0 atom stereocenters. The highest BCUT2D eigenvalue weighted by molar-refractivity contribution is 6.22. The van der Waals surface area contributed by atoms with Crippen LogP contribution in [0.4, 0.5) is 17.1 Å². The van der Waals surface area contributed by atoms with E-state index in [4.69, 9.17) is 4.74 Å². The number of benzene rings is 3. The van der Waals surface area contributed by atoms with Gasteiger partial charge in [0.05, 0.1) is 39.7 Å². The molecule has 1 aliphatic heterocycles. The van der Waals surface area contributed by atoms with Crippen LogP contribution in [-0.2, 0) is 0 Å². The average molecular weight is 476 g/mol. The first kappa shape index (κ1) is 23.0. The van der Waals surface area contributed by atoms with Crippen molar-refractivity contribution in [3.05, 3.63) is 104 Å². The fourth-order valence-electron chi connectivity index (χ4n) is 3.62. The van der Waals surface area contributed by atoms with Crippen molar-refractivity contribution in [2.75, 3.05) is 18.7 Å². The number of nitro groups is 2. The summed E-state index contributed by atoms with van der Waals surface area (Å²) in [6, 6.07) is 14.7. The van der Waals surface area contributed by atoms with Crippen LogP contribution in [0.15, 0.2) is 66.7 Å². The molecule has 0 unspecified atom stereocenters. The Labute approximate surface area is 197 Å². The highest BCUT2D eigenvalue weighted by Gasteiger charge is 2.37. The van der Waals surface area contributed by atoms with Gasteiger partial charge in [-0.15, -0.1) is 0 Å². The molecule has 0 aliphatic carbocycles. The lowest BCUT2D eigenvalue weighted by Crippen LogP contribution is -2.44. The van der Waals surface area contributed by atoms with Crippen molar-refractivity contribution < 1.29 is 29.0 Å². The molecule has 176 valence electrons. The van der Waals surface area contributed by atoms with Crippen LogP contribution in [0.2, 0.25) is 0 Å². The number of carbonyl (C=O) groups is 3. The molecule has 4 rings (SSSR count). The van der Waals surface area contributed by atoms with E-state index < -0.39 is 45.6 Å². The Balaban J connectivity index is 1.78. The maximum atomic E-state index is 13.5. The molecule has 1 heterocycles. The third-order valence-electron chi connectivity index (χ3n) is 5.36. The van der Waals surface area contributed by atoms with Crippen LogP contribution in [0.25, 0.3) is 0 Å². The standard InChI is InChI=1S/C23H16N4O8/c1-35-18-8-6-15(7-9-18)24(13-25-22(29)19-4-2-3-5-20(19)23(25)30)21(28)14-10-16(26(31)32)12-17(11-14)27(33)34/h2-12H,13H2,1H3. The van der Waals surface area contributed by atoms with Crippen molar-refractivity contribution in [3.8, 4) is 5.75 Å². The summed E-state index contributed by atoms with van der Waals surface area (Å²) in [4.78, 5) is 62.1. The van der Waals surface area contributed by atoms with Gasteiger partial charge in [0.2, 0.25) is 0 Å². The van der Waals surface area contributed by atoms with Crippen molar-refractivity contribution in [1.82, 2.24) is 4.90 Å². The molecule has 0 saturated carbocycles. The molecule has 0 N–H and O–H groups in total. The third kappa shape index (κ3) is 4.27. The summed E-state index contributed by atoms with van der Waals surface area (Å²) in [5, 5.41) is 22.6. The average Bonchev–Trinajstić information content (AvgIpc) is 3.11. The molecule has 0 radical (unpaired) electrons. The lowest BCUT2D eigenvalue weighted by atomic mass is 10.1. The first-order valence-electron chi connectivity index (χ1n) is 10.1. The SMILES string of the molecule is COc1ccc(N(CN2C(=O)c3ccccc3C2=O)C(=O)c2cc([N+](=O)[O-])cc([N+](=O)[O-])c2)cc1. The number of hydrogen-bond donors (Lipinski definition) is 0. The second kappa shape index (κ2) is 9.02. The highest BCUT2D eigenvalue weighted by atomic mass is 16.6. The minimum atomic E-state index is -0.890. The zero-order chi connectivity index (χ0) is 25.3. The van der Waals surface area contributed by atoms with Gasteiger partial charge >= 0.3 is 0 Å². The number of carbonyl (C=O) groups excluding carboxylic acids is 3. The lowest BCUT2D eigenvalue weighted by Gasteiger charge is -2.27. The van der Waals surface area contributed by atoms with Gasteiger partial charge in [-0.1, -0.05) is 12.1 Å². The van der Waals surface area contributed by atoms with E-state index in [0.717, 1.165) is 28.0 Å². The fourth-order valence-corrected chi connectivity index (χ4v) is 3.62. The van der Waals surface area contributed by atoms with Crippen LogP contribution in [0.5, 0.6) is 5.75 Å². The number of methoxy groups -OCH3 is 1. The number of nitro benzene ring substituents is 2. The topological polar surface area (TPSA) is 153 Å². The van der Waals surface area contributed by atoms with Crippen molar-refractivity contribution in [3.63, 3.8) is 0 Å². The molecule has 35 heavy (non-hydrogen) atoms. The maximum absolute atomic E-state index is 13.5. The number of fused-ring (bicyclic) bond motifs is 1. The highest BCUT2D eigenvalue weighted by Crippen LogP contribution is 2.29. The monoisotopic (exact) mass is 476 g/mol. The van der Waals surface area contributed by atoms with Crippen molar-refractivity contribution >= 4 is 34.8 Å². The number of anilines is 1. The maximum Gasteiger partial charge on any atom is 0.277 e. The van der Waals surface area contributed by atoms with Gasteiger partial charge in [0, 0.05) is 17.8 Å². The number of amides is 3. The van der Waals surface area contributed by atoms with Crippen molar-refractivity contribution in [2.24, 2.45) is 0 Å². The molecule has 3 aromatic carbocycles. The third-order valence-corrected chi connectivity index (χ3v) is 5.36. The number of ether oxygens (including phenoxy) is 1. The normalized spacial score (nSPS) is 12.3. The smallest absolute Gasteiger partial charge is 0.277 e. The second-order valence-electron chi connectivity index (χ2n) is 7.41. The van der Waals surface area contributed by atoms with Gasteiger partial charge < -0.3 is 4.74 Å². The number of hydrogen-bond acceptors (Lipinski definition) is 8. The molecule has 3 amide bonds. The van der Waals surface area contributed by atoms with Gasteiger partial charge in [0.15, 0.2) is 0 Å². The van der Waals surface area contributed by atoms with Gasteiger partial charge in [-0.3, -0.25) is 44.4 Å². The Bertz CT molecular complexity index is 1320. The number of imide groups is 1. The van der Waals surface area contributed by atoms with E-state index in [1.54, 1.807) is 12.1 Å². The Morgan fingerprint density at radius 2 is 1.40 bits per heavy atom. The molecule has 0 saturated heterocycles. The Morgan fingerprint density at radius 1 is 0.886 bits per heavy atom. The van der Waals surface area contributed by atoms with Gasteiger partial charge in [-0.25, -0.2) is 0 Å². The molecule has 0 spiro atoms. The molecule has 0 fully saturated rings. The minimum Gasteiger partial charge on any atom is -0.497 e. The predicted octanol–water partition coefficient (Wildman–Crippen LogP) is 3.41. The van der Waals surface area contributed by atoms with Gasteiger partial charge in [-0.2, -0.15) is 0 Å². The van der Waals surface area contributed by atoms with E-state index in [2.05, 4.69) is 0 Å². The predicted molar refractivity (Wildman–Crippen MR) is 121 cm³/mol. The van der Waals surface area contributed by atoms with E-state index in [-0.39, 0.29) is 22.4 Å². The molecule has 12 heteroatoms. The summed E-state index contributed by atoms with van der Waals surface area (Å²) < 4.78 is 5.12. The van der Waals surface area contributed by atoms with E-state index in [1.807, 2.05) is 0 Å². The second-order valence-corrected chi connectivity index (χ2v) is 7.41. The van der Waals surface area contributed by atoms with Gasteiger partial charge in [-0.05, 0) is 36.4 Å². The molecule has 3 aromatic rings. The number of nitrogens with zero attached hydrogens (tertiary/aromatic N) is 4. The first-order chi connectivity index (χ1) is 16.7. The van der Waals surface area contributed by atoms with E-state index in [1.165, 1.54) is 43.5 Å². The van der Waals surface area contributed by atoms with E-state index >= 15 is 0 Å². The van der Waals surface area contributed by atoms with Crippen molar-refractivity contribution in [2.45, 2.75) is 0 Å². The van der Waals surface area contributed by atoms with Crippen LogP contribution >= 0.6 is 0 Å². The number of rotatable bonds is 7. The summed E-state index contributed by atoms with van der Waals surface area (Å²) in [5.41, 5.74) is -1.10. The first-order valence-corrected chi connectivity index (χ1v) is 10.1. The van der Waals surface area contributed by atoms with Crippen LogP contribution in [0.3, 0.4) is 0 Å². The molecular weight excluding hydrogens is 460 g/mol. The lowest BCUT2D eigenvalue weighted by molar-refractivity contribution is -0.394. The Kier molecular flexibility index (Phi) is 5.94. The van der Waals surface area contributed by atoms with E-state index in [0.29, 0.717) is 5.75 Å². The van der Waals surface area contributed by atoms with Crippen LogP contribution in [0, 0.1) is 20.2 Å². The summed E-state index contributed by atoms with van der Waals surface area (Å²) in [7, 11) is 1.44. The molecule has 0 bridgehead atoms. The van der Waals surface area contributed by atoms with Crippen molar-refractivity contribution in [1.29, 1.82) is 0 Å². The Morgan fingerprint density at radius 3 is 1.86 bits per heavy atom.